The lowest BCUT2D eigenvalue weighted by Crippen LogP contribution is -2.30. The molecule has 3 N–H and O–H groups in total. The maximum absolute atomic E-state index is 6.15. The van der Waals surface area contributed by atoms with Gasteiger partial charge in [-0.1, -0.05) is 6.07 Å². The van der Waals surface area contributed by atoms with E-state index < -0.39 is 0 Å². The largest absolute Gasteiger partial charge is 0.383 e. The summed E-state index contributed by atoms with van der Waals surface area (Å²) in [6.07, 6.45) is 3.76. The molecule has 7 nitrogen and oxygen atoms in total. The Hall–Kier alpha value is -2.93. The number of benzene rings is 1. The monoisotopic (exact) mass is 306 g/mol. The van der Waals surface area contributed by atoms with Gasteiger partial charge in [0.15, 0.2) is 0 Å². The number of nitrogen functional groups attached to an aromatic ring is 1. The molecular weight excluding hydrogens is 292 g/mol. The van der Waals surface area contributed by atoms with Gasteiger partial charge >= 0.3 is 0 Å². The summed E-state index contributed by atoms with van der Waals surface area (Å²) >= 11 is 0. The predicted octanol–water partition coefficient (Wildman–Crippen LogP) is 2.13. The molecule has 0 radical (unpaired) electrons. The van der Waals surface area contributed by atoms with Gasteiger partial charge < -0.3 is 10.5 Å². The molecular formula is C16H14N6O. The highest BCUT2D eigenvalue weighted by Crippen LogP contribution is 2.31. The zero-order chi connectivity index (χ0) is 15.4. The van der Waals surface area contributed by atoms with Crippen LogP contribution in [0.4, 0.5) is 5.82 Å². The van der Waals surface area contributed by atoms with Gasteiger partial charge in [-0.3, -0.25) is 9.78 Å². The summed E-state index contributed by atoms with van der Waals surface area (Å²) in [5.41, 5.74) is 9.73. The molecule has 0 unspecified atom stereocenters. The topological polar surface area (TPSA) is 94.6 Å². The fourth-order valence-corrected chi connectivity index (χ4v) is 2.94. The Morgan fingerprint density at radius 3 is 2.87 bits per heavy atom. The van der Waals surface area contributed by atoms with E-state index in [-0.39, 0.29) is 0 Å². The van der Waals surface area contributed by atoms with E-state index in [2.05, 4.69) is 15.2 Å². The Kier molecular flexibility index (Phi) is 2.48. The molecule has 0 bridgehead atoms. The zero-order valence-electron chi connectivity index (χ0n) is 12.2. The molecule has 0 amide bonds. The molecule has 4 heterocycles. The Morgan fingerprint density at radius 2 is 2.13 bits per heavy atom. The number of anilines is 1. The molecule has 1 saturated heterocycles. The van der Waals surface area contributed by atoms with Gasteiger partial charge in [-0.15, -0.1) is 0 Å². The fourth-order valence-electron chi connectivity index (χ4n) is 2.94. The summed E-state index contributed by atoms with van der Waals surface area (Å²) in [6.45, 7) is 1.39. The van der Waals surface area contributed by atoms with Crippen LogP contribution >= 0.6 is 0 Å². The first kappa shape index (κ1) is 12.6. The number of hydrogen-bond acceptors (Lipinski definition) is 5. The SMILES string of the molecule is Nc1nc2cc(-c3cc[nH]n3)ccc2c2nn(C3COC3)cc12. The molecule has 7 heteroatoms. The molecule has 0 aliphatic carbocycles. The Labute approximate surface area is 131 Å². The predicted molar refractivity (Wildman–Crippen MR) is 86.9 cm³/mol. The number of H-pyrrole nitrogens is 1. The Bertz CT molecular complexity index is 1020. The van der Waals surface area contributed by atoms with E-state index in [1.54, 1.807) is 6.20 Å². The summed E-state index contributed by atoms with van der Waals surface area (Å²) in [7, 11) is 0. The van der Waals surface area contributed by atoms with Crippen LogP contribution in [0.15, 0.2) is 36.7 Å². The molecule has 1 fully saturated rings. The first-order chi connectivity index (χ1) is 11.3. The lowest BCUT2D eigenvalue weighted by atomic mass is 10.1. The third-order valence-electron chi connectivity index (χ3n) is 4.29. The number of nitrogens with zero attached hydrogens (tertiary/aromatic N) is 4. The zero-order valence-corrected chi connectivity index (χ0v) is 12.2. The Balaban J connectivity index is 1.74. The number of aromatic nitrogens is 5. The molecule has 3 aromatic heterocycles. The normalized spacial score (nSPS) is 15.3. The van der Waals surface area contributed by atoms with Crippen LogP contribution in [0.2, 0.25) is 0 Å². The second kappa shape index (κ2) is 4.53. The van der Waals surface area contributed by atoms with Crippen molar-refractivity contribution in [2.75, 3.05) is 18.9 Å². The number of pyridine rings is 1. The summed E-state index contributed by atoms with van der Waals surface area (Å²) in [5, 5.41) is 13.6. The van der Waals surface area contributed by atoms with Gasteiger partial charge in [0.05, 0.1) is 35.9 Å². The average Bonchev–Trinajstić information content (AvgIpc) is 3.14. The number of ether oxygens (including phenoxy) is 1. The van der Waals surface area contributed by atoms with Crippen molar-refractivity contribution in [3.63, 3.8) is 0 Å². The van der Waals surface area contributed by atoms with Gasteiger partial charge in [-0.05, 0) is 18.2 Å². The van der Waals surface area contributed by atoms with E-state index >= 15 is 0 Å². The first-order valence-electron chi connectivity index (χ1n) is 7.45. The third kappa shape index (κ3) is 1.83. The van der Waals surface area contributed by atoms with Crippen LogP contribution < -0.4 is 5.73 Å². The summed E-state index contributed by atoms with van der Waals surface area (Å²) < 4.78 is 7.18. The first-order valence-corrected chi connectivity index (χ1v) is 7.45. The van der Waals surface area contributed by atoms with Crippen molar-refractivity contribution < 1.29 is 4.74 Å². The van der Waals surface area contributed by atoms with E-state index in [1.165, 1.54) is 0 Å². The van der Waals surface area contributed by atoms with E-state index in [1.807, 2.05) is 35.1 Å². The van der Waals surface area contributed by atoms with Crippen molar-refractivity contribution in [3.05, 3.63) is 36.7 Å². The van der Waals surface area contributed by atoms with E-state index in [4.69, 9.17) is 15.6 Å². The van der Waals surface area contributed by atoms with E-state index in [0.717, 1.165) is 33.1 Å². The second-order valence-corrected chi connectivity index (χ2v) is 5.75. The molecule has 0 saturated carbocycles. The van der Waals surface area contributed by atoms with Crippen molar-refractivity contribution in [1.82, 2.24) is 25.0 Å². The minimum atomic E-state index is 0.292. The molecule has 0 atom stereocenters. The van der Waals surface area contributed by atoms with Crippen LogP contribution in [0.25, 0.3) is 33.1 Å². The molecule has 0 spiro atoms. The number of aromatic amines is 1. The van der Waals surface area contributed by atoms with Crippen LogP contribution in [0, 0.1) is 0 Å². The molecule has 4 aromatic rings. The van der Waals surface area contributed by atoms with Gasteiger partial charge in [0.1, 0.15) is 11.3 Å². The molecule has 5 rings (SSSR count). The number of hydrogen-bond donors (Lipinski definition) is 2. The number of nitrogens with two attached hydrogens (primary N) is 1. The summed E-state index contributed by atoms with van der Waals surface area (Å²) in [6, 6.07) is 8.27. The molecule has 1 aliphatic rings. The average molecular weight is 306 g/mol. The van der Waals surface area contributed by atoms with Crippen molar-refractivity contribution in [3.8, 4) is 11.3 Å². The molecule has 1 aromatic carbocycles. The smallest absolute Gasteiger partial charge is 0.135 e. The molecule has 114 valence electrons. The highest BCUT2D eigenvalue weighted by Gasteiger charge is 2.22. The Morgan fingerprint density at radius 1 is 1.22 bits per heavy atom. The number of fused-ring (bicyclic) bond motifs is 3. The maximum atomic E-state index is 6.15. The fraction of sp³-hybridized carbons (Fsp3) is 0.188. The minimum absolute atomic E-state index is 0.292. The van der Waals surface area contributed by atoms with Crippen molar-refractivity contribution in [1.29, 1.82) is 0 Å². The van der Waals surface area contributed by atoms with E-state index in [9.17, 15) is 0 Å². The van der Waals surface area contributed by atoms with Crippen LogP contribution in [0.3, 0.4) is 0 Å². The minimum Gasteiger partial charge on any atom is -0.383 e. The van der Waals surface area contributed by atoms with Gasteiger partial charge in [-0.25, -0.2) is 4.98 Å². The van der Waals surface area contributed by atoms with Crippen molar-refractivity contribution >= 4 is 27.6 Å². The van der Waals surface area contributed by atoms with Gasteiger partial charge in [0, 0.05) is 23.3 Å². The van der Waals surface area contributed by atoms with Crippen molar-refractivity contribution in [2.45, 2.75) is 6.04 Å². The van der Waals surface area contributed by atoms with E-state index in [0.29, 0.717) is 25.1 Å². The van der Waals surface area contributed by atoms with Crippen LogP contribution in [-0.4, -0.2) is 38.2 Å². The van der Waals surface area contributed by atoms with Crippen LogP contribution in [0.5, 0.6) is 0 Å². The highest BCUT2D eigenvalue weighted by atomic mass is 16.5. The lowest BCUT2D eigenvalue weighted by Gasteiger charge is -2.25. The summed E-state index contributed by atoms with van der Waals surface area (Å²) in [4.78, 5) is 4.55. The van der Waals surface area contributed by atoms with Gasteiger partial charge in [0.2, 0.25) is 0 Å². The molecule has 23 heavy (non-hydrogen) atoms. The number of rotatable bonds is 2. The van der Waals surface area contributed by atoms with Crippen LogP contribution in [-0.2, 0) is 4.74 Å². The number of nitrogens with one attached hydrogen (secondary N) is 1. The second-order valence-electron chi connectivity index (χ2n) is 5.75. The van der Waals surface area contributed by atoms with Crippen molar-refractivity contribution in [2.24, 2.45) is 0 Å². The van der Waals surface area contributed by atoms with Gasteiger partial charge in [0.25, 0.3) is 0 Å². The van der Waals surface area contributed by atoms with Crippen LogP contribution in [0.1, 0.15) is 6.04 Å². The lowest BCUT2D eigenvalue weighted by molar-refractivity contribution is -0.0283. The molecule has 1 aliphatic heterocycles. The quantitative estimate of drug-likeness (QED) is 0.591. The van der Waals surface area contributed by atoms with Gasteiger partial charge in [-0.2, -0.15) is 10.2 Å². The standard InChI is InChI=1S/C16H14N6O/c17-16-12-6-22(10-7-23-8-10)21-15(12)11-2-1-9(5-14(11)19-16)13-3-4-18-20-13/h1-6,10H,7-8H2,(H2,17,19)(H,18,20). The maximum Gasteiger partial charge on any atom is 0.135 e. The highest BCUT2D eigenvalue weighted by molar-refractivity contribution is 6.08. The third-order valence-corrected chi connectivity index (χ3v) is 4.29. The summed E-state index contributed by atoms with van der Waals surface area (Å²) in [5.74, 6) is 0.498.